The quantitative estimate of drug-likeness (QED) is 0.547. The molecule has 22 heavy (non-hydrogen) atoms. The number of rotatable bonds is 3. The van der Waals surface area contributed by atoms with Crippen molar-refractivity contribution < 1.29 is 4.92 Å². The maximum absolute atomic E-state index is 11.0. The van der Waals surface area contributed by atoms with Gasteiger partial charge in [-0.3, -0.25) is 10.1 Å². The Morgan fingerprint density at radius 2 is 2.23 bits per heavy atom. The van der Waals surface area contributed by atoms with Crippen molar-refractivity contribution >= 4 is 17.0 Å². The first-order valence-corrected chi connectivity index (χ1v) is 7.15. The van der Waals surface area contributed by atoms with E-state index in [1.54, 1.807) is 6.07 Å². The third kappa shape index (κ3) is 2.23. The molecule has 8 heteroatoms. The predicted octanol–water partition coefficient (Wildman–Crippen LogP) is 3.08. The molecule has 2 aromatic heterocycles. The number of nitro benzene ring substituents is 1. The van der Waals surface area contributed by atoms with Gasteiger partial charge in [0.15, 0.2) is 5.69 Å². The molecule has 0 fully saturated rings. The van der Waals surface area contributed by atoms with Gasteiger partial charge in [0.05, 0.1) is 15.5 Å². The minimum absolute atomic E-state index is 0.0354. The van der Waals surface area contributed by atoms with Gasteiger partial charge in [0.1, 0.15) is 11.8 Å². The molecule has 0 unspecified atom stereocenters. The summed E-state index contributed by atoms with van der Waals surface area (Å²) in [7, 11) is 0. The predicted molar refractivity (Wildman–Crippen MR) is 80.8 cm³/mol. The third-order valence-electron chi connectivity index (χ3n) is 3.16. The Kier molecular flexibility index (Phi) is 3.40. The SMILES string of the molecule is Cc1ccc([N+](=O)[O-])cc1-n1nnc(C#N)c1-c1cccs1. The van der Waals surface area contributed by atoms with Gasteiger partial charge in [-0.1, -0.05) is 17.3 Å². The molecule has 0 aliphatic rings. The second kappa shape index (κ2) is 5.38. The van der Waals surface area contributed by atoms with Crippen LogP contribution < -0.4 is 0 Å². The van der Waals surface area contributed by atoms with E-state index in [1.165, 1.54) is 28.2 Å². The van der Waals surface area contributed by atoms with Gasteiger partial charge in [0.25, 0.3) is 5.69 Å². The molecule has 0 aliphatic carbocycles. The van der Waals surface area contributed by atoms with Crippen LogP contribution in [-0.4, -0.2) is 19.9 Å². The molecule has 1 aromatic carbocycles. The van der Waals surface area contributed by atoms with E-state index in [-0.39, 0.29) is 11.4 Å². The van der Waals surface area contributed by atoms with Gasteiger partial charge in [-0.25, -0.2) is 4.68 Å². The molecule has 0 amide bonds. The van der Waals surface area contributed by atoms with Gasteiger partial charge in [0, 0.05) is 12.1 Å². The average Bonchev–Trinajstić information content (AvgIpc) is 3.15. The van der Waals surface area contributed by atoms with Crippen molar-refractivity contribution in [1.82, 2.24) is 15.0 Å². The van der Waals surface area contributed by atoms with Crippen molar-refractivity contribution in [3.63, 3.8) is 0 Å². The summed E-state index contributed by atoms with van der Waals surface area (Å²) in [6, 6.07) is 10.2. The van der Waals surface area contributed by atoms with Crippen LogP contribution in [0.3, 0.4) is 0 Å². The van der Waals surface area contributed by atoms with E-state index >= 15 is 0 Å². The van der Waals surface area contributed by atoms with Crippen LogP contribution in [0.15, 0.2) is 35.7 Å². The standard InChI is InChI=1S/C14H9N5O2S/c1-9-4-5-10(19(20)21)7-12(9)18-14(11(8-15)16-17-18)13-3-2-6-22-13/h2-7H,1H3. The minimum Gasteiger partial charge on any atom is -0.258 e. The highest BCUT2D eigenvalue weighted by Crippen LogP contribution is 2.30. The van der Waals surface area contributed by atoms with Crippen LogP contribution in [0.25, 0.3) is 16.3 Å². The fourth-order valence-electron chi connectivity index (χ4n) is 2.10. The normalized spacial score (nSPS) is 10.4. The van der Waals surface area contributed by atoms with Gasteiger partial charge in [-0.05, 0) is 23.9 Å². The molecule has 0 atom stereocenters. The highest BCUT2D eigenvalue weighted by atomic mass is 32.1. The maximum atomic E-state index is 11.0. The summed E-state index contributed by atoms with van der Waals surface area (Å²) in [4.78, 5) is 11.3. The smallest absolute Gasteiger partial charge is 0.258 e. The topological polar surface area (TPSA) is 97.6 Å². The largest absolute Gasteiger partial charge is 0.271 e. The maximum Gasteiger partial charge on any atom is 0.271 e. The van der Waals surface area contributed by atoms with E-state index in [9.17, 15) is 15.4 Å². The number of nitro groups is 1. The van der Waals surface area contributed by atoms with Gasteiger partial charge in [-0.15, -0.1) is 16.4 Å². The van der Waals surface area contributed by atoms with Gasteiger partial charge in [0.2, 0.25) is 0 Å². The summed E-state index contributed by atoms with van der Waals surface area (Å²) in [5.41, 5.74) is 2.03. The first kappa shape index (κ1) is 13.9. The molecular weight excluding hydrogens is 302 g/mol. The average molecular weight is 311 g/mol. The van der Waals surface area contributed by atoms with Crippen LogP contribution in [0.5, 0.6) is 0 Å². The lowest BCUT2D eigenvalue weighted by Crippen LogP contribution is -2.02. The third-order valence-corrected chi connectivity index (χ3v) is 4.04. The van der Waals surface area contributed by atoms with E-state index in [0.29, 0.717) is 11.4 Å². The van der Waals surface area contributed by atoms with E-state index < -0.39 is 4.92 Å². The summed E-state index contributed by atoms with van der Waals surface area (Å²) in [5.74, 6) is 0. The van der Waals surface area contributed by atoms with Crippen LogP contribution in [0.1, 0.15) is 11.3 Å². The first-order valence-electron chi connectivity index (χ1n) is 6.27. The number of nitriles is 1. The van der Waals surface area contributed by atoms with Crippen LogP contribution in [0.4, 0.5) is 5.69 Å². The molecule has 0 aliphatic heterocycles. The number of hydrogen-bond acceptors (Lipinski definition) is 6. The molecule has 7 nitrogen and oxygen atoms in total. The van der Waals surface area contributed by atoms with E-state index in [2.05, 4.69) is 10.3 Å². The summed E-state index contributed by atoms with van der Waals surface area (Å²) in [5, 5.41) is 30.0. The lowest BCUT2D eigenvalue weighted by Gasteiger charge is -2.08. The number of nitrogens with zero attached hydrogens (tertiary/aromatic N) is 5. The molecule has 3 rings (SSSR count). The van der Waals surface area contributed by atoms with Gasteiger partial charge >= 0.3 is 0 Å². The monoisotopic (exact) mass is 311 g/mol. The highest BCUT2D eigenvalue weighted by molar-refractivity contribution is 7.13. The van der Waals surface area contributed by atoms with Crippen molar-refractivity contribution in [2.75, 3.05) is 0 Å². The molecule has 0 saturated carbocycles. The molecule has 0 bridgehead atoms. The molecule has 0 spiro atoms. The highest BCUT2D eigenvalue weighted by Gasteiger charge is 2.20. The summed E-state index contributed by atoms with van der Waals surface area (Å²) >= 11 is 1.45. The Hall–Kier alpha value is -3.05. The number of hydrogen-bond donors (Lipinski definition) is 0. The Bertz CT molecular complexity index is 893. The lowest BCUT2D eigenvalue weighted by molar-refractivity contribution is -0.384. The zero-order valence-corrected chi connectivity index (χ0v) is 12.2. The van der Waals surface area contributed by atoms with Crippen LogP contribution in [-0.2, 0) is 0 Å². The lowest BCUT2D eigenvalue weighted by atomic mass is 10.1. The van der Waals surface area contributed by atoms with Crippen molar-refractivity contribution in [2.24, 2.45) is 0 Å². The summed E-state index contributed by atoms with van der Waals surface area (Å²) in [6.45, 7) is 1.82. The molecule has 0 saturated heterocycles. The van der Waals surface area contributed by atoms with Crippen LogP contribution >= 0.6 is 11.3 Å². The first-order chi connectivity index (χ1) is 10.6. The van der Waals surface area contributed by atoms with Crippen molar-refractivity contribution in [1.29, 1.82) is 5.26 Å². The fraction of sp³-hybridized carbons (Fsp3) is 0.0714. The van der Waals surface area contributed by atoms with E-state index in [1.807, 2.05) is 30.5 Å². The zero-order valence-electron chi connectivity index (χ0n) is 11.4. The van der Waals surface area contributed by atoms with E-state index in [0.717, 1.165) is 10.4 Å². The second-order valence-electron chi connectivity index (χ2n) is 4.52. The number of aryl methyl sites for hydroxylation is 1. The van der Waals surface area contributed by atoms with Crippen LogP contribution in [0, 0.1) is 28.4 Å². The Morgan fingerprint density at radius 3 is 2.86 bits per heavy atom. The number of benzene rings is 1. The molecule has 108 valence electrons. The molecular formula is C14H9N5O2S. The number of non-ortho nitro benzene ring substituents is 1. The Labute approximate surface area is 129 Å². The molecule has 0 N–H and O–H groups in total. The number of thiophene rings is 1. The molecule has 2 heterocycles. The van der Waals surface area contributed by atoms with Crippen molar-refractivity contribution in [2.45, 2.75) is 6.92 Å². The summed E-state index contributed by atoms with van der Waals surface area (Å²) < 4.78 is 1.48. The van der Waals surface area contributed by atoms with Gasteiger partial charge < -0.3 is 0 Å². The molecule has 3 aromatic rings. The minimum atomic E-state index is -0.462. The van der Waals surface area contributed by atoms with Crippen molar-refractivity contribution in [3.8, 4) is 22.3 Å². The Balaban J connectivity index is 2.26. The van der Waals surface area contributed by atoms with Crippen LogP contribution in [0.2, 0.25) is 0 Å². The Morgan fingerprint density at radius 1 is 1.41 bits per heavy atom. The van der Waals surface area contributed by atoms with Gasteiger partial charge in [-0.2, -0.15) is 5.26 Å². The fourth-order valence-corrected chi connectivity index (χ4v) is 2.86. The molecule has 0 radical (unpaired) electrons. The summed E-state index contributed by atoms with van der Waals surface area (Å²) in [6.07, 6.45) is 0. The second-order valence-corrected chi connectivity index (χ2v) is 5.46. The van der Waals surface area contributed by atoms with Crippen molar-refractivity contribution in [3.05, 3.63) is 57.1 Å². The number of aromatic nitrogens is 3. The van der Waals surface area contributed by atoms with E-state index in [4.69, 9.17) is 0 Å². The zero-order chi connectivity index (χ0) is 15.7.